The Bertz CT molecular complexity index is 668. The zero-order chi connectivity index (χ0) is 15.0. The lowest BCUT2D eigenvalue weighted by molar-refractivity contribution is -0.137. The molecular weight excluding hydrogens is 353 g/mol. The lowest BCUT2D eigenvalue weighted by atomic mass is 10.2. The van der Waals surface area contributed by atoms with Crippen LogP contribution in [0.2, 0.25) is 0 Å². The smallest absolute Gasteiger partial charge is 0.416 e. The average Bonchev–Trinajstić information content (AvgIpc) is 2.87. The van der Waals surface area contributed by atoms with E-state index < -0.39 is 11.7 Å². The van der Waals surface area contributed by atoms with Gasteiger partial charge < -0.3 is 14.2 Å². The van der Waals surface area contributed by atoms with Gasteiger partial charge in [0.1, 0.15) is 11.5 Å². The van der Waals surface area contributed by atoms with E-state index in [0.717, 1.165) is 12.1 Å². The molecule has 2 aromatic carbocycles. The van der Waals surface area contributed by atoms with Gasteiger partial charge in [0, 0.05) is 6.07 Å². The van der Waals surface area contributed by atoms with Crippen molar-refractivity contribution in [2.45, 2.75) is 6.18 Å². The monoisotopic (exact) mass is 360 g/mol. The van der Waals surface area contributed by atoms with Crippen LogP contribution < -0.4 is 14.2 Å². The Morgan fingerprint density at radius 1 is 1.00 bits per heavy atom. The van der Waals surface area contributed by atoms with E-state index in [0.29, 0.717) is 27.5 Å². The zero-order valence-electron chi connectivity index (χ0n) is 10.4. The van der Waals surface area contributed by atoms with Crippen LogP contribution in [0.3, 0.4) is 0 Å². The molecule has 3 rings (SSSR count). The Morgan fingerprint density at radius 3 is 2.38 bits per heavy atom. The highest BCUT2D eigenvalue weighted by atomic mass is 79.9. The van der Waals surface area contributed by atoms with Gasteiger partial charge in [-0.2, -0.15) is 13.2 Å². The van der Waals surface area contributed by atoms with Gasteiger partial charge in [0.05, 0.1) is 10.0 Å². The van der Waals surface area contributed by atoms with Crippen molar-refractivity contribution < 1.29 is 27.4 Å². The van der Waals surface area contributed by atoms with Crippen LogP contribution in [0.25, 0.3) is 0 Å². The Balaban J connectivity index is 1.82. The summed E-state index contributed by atoms with van der Waals surface area (Å²) >= 11 is 3.32. The van der Waals surface area contributed by atoms with E-state index in [2.05, 4.69) is 15.9 Å². The van der Waals surface area contributed by atoms with Crippen LogP contribution in [0.15, 0.2) is 40.9 Å². The topological polar surface area (TPSA) is 27.7 Å². The van der Waals surface area contributed by atoms with E-state index in [1.807, 2.05) is 0 Å². The molecule has 1 aliphatic rings. The van der Waals surface area contributed by atoms with Crippen LogP contribution in [0.5, 0.6) is 23.0 Å². The maximum Gasteiger partial charge on any atom is 0.416 e. The Hall–Kier alpha value is -1.89. The van der Waals surface area contributed by atoms with E-state index in [9.17, 15) is 13.2 Å². The second-order valence-corrected chi connectivity index (χ2v) is 5.12. The molecule has 0 amide bonds. The number of alkyl halides is 3. The van der Waals surface area contributed by atoms with E-state index in [1.165, 1.54) is 12.1 Å². The van der Waals surface area contributed by atoms with Gasteiger partial charge in [-0.1, -0.05) is 0 Å². The molecule has 2 aromatic rings. The molecule has 3 nitrogen and oxygen atoms in total. The van der Waals surface area contributed by atoms with E-state index in [4.69, 9.17) is 14.2 Å². The molecule has 0 fully saturated rings. The van der Waals surface area contributed by atoms with Crippen molar-refractivity contribution in [1.82, 2.24) is 0 Å². The van der Waals surface area contributed by atoms with Crippen LogP contribution in [0.1, 0.15) is 5.56 Å². The standard InChI is InChI=1S/C14H8BrF3O3/c15-11-5-10(6-12-13(11)20-7-19-12)21-9-3-1-8(2-4-9)14(16,17)18/h1-6H,7H2. The molecule has 0 radical (unpaired) electrons. The molecule has 0 bridgehead atoms. The van der Waals surface area contributed by atoms with Gasteiger partial charge in [0.25, 0.3) is 0 Å². The minimum absolute atomic E-state index is 0.123. The first-order valence-electron chi connectivity index (χ1n) is 5.88. The van der Waals surface area contributed by atoms with Gasteiger partial charge in [0.15, 0.2) is 11.5 Å². The van der Waals surface area contributed by atoms with Crippen molar-refractivity contribution in [2.75, 3.05) is 6.79 Å². The molecular formula is C14H8BrF3O3. The van der Waals surface area contributed by atoms with Crippen LogP contribution >= 0.6 is 15.9 Å². The fraction of sp³-hybridized carbons (Fsp3) is 0.143. The molecule has 0 atom stereocenters. The molecule has 0 aliphatic carbocycles. The fourth-order valence-electron chi connectivity index (χ4n) is 1.85. The number of ether oxygens (including phenoxy) is 3. The molecule has 110 valence electrons. The summed E-state index contributed by atoms with van der Waals surface area (Å²) < 4.78 is 54.1. The number of fused-ring (bicyclic) bond motifs is 1. The first kappa shape index (κ1) is 14.1. The SMILES string of the molecule is FC(F)(F)c1ccc(Oc2cc(Br)c3c(c2)OCO3)cc1. The van der Waals surface area contributed by atoms with E-state index >= 15 is 0 Å². The summed E-state index contributed by atoms with van der Waals surface area (Å²) in [5, 5.41) is 0. The number of hydrogen-bond acceptors (Lipinski definition) is 3. The predicted octanol–water partition coefficient (Wildman–Crippen LogP) is 4.99. The van der Waals surface area contributed by atoms with Gasteiger partial charge in [-0.15, -0.1) is 0 Å². The normalized spacial score (nSPS) is 13.3. The molecule has 0 aromatic heterocycles. The molecule has 0 spiro atoms. The van der Waals surface area contributed by atoms with Gasteiger partial charge in [-0.05, 0) is 46.3 Å². The lowest BCUT2D eigenvalue weighted by Crippen LogP contribution is -2.03. The second kappa shape index (κ2) is 5.14. The third kappa shape index (κ3) is 2.92. The second-order valence-electron chi connectivity index (χ2n) is 4.26. The van der Waals surface area contributed by atoms with Gasteiger partial charge in [-0.3, -0.25) is 0 Å². The van der Waals surface area contributed by atoms with Crippen LogP contribution in [0, 0.1) is 0 Å². The molecule has 1 heterocycles. The average molecular weight is 361 g/mol. The quantitative estimate of drug-likeness (QED) is 0.755. The summed E-state index contributed by atoms with van der Waals surface area (Å²) in [4.78, 5) is 0. The third-order valence-corrected chi connectivity index (χ3v) is 3.41. The van der Waals surface area contributed by atoms with Crippen molar-refractivity contribution in [1.29, 1.82) is 0 Å². The highest BCUT2D eigenvalue weighted by Gasteiger charge is 2.30. The van der Waals surface area contributed by atoms with Crippen LogP contribution in [-0.4, -0.2) is 6.79 Å². The Morgan fingerprint density at radius 2 is 1.71 bits per heavy atom. The summed E-state index contributed by atoms with van der Waals surface area (Å²) in [7, 11) is 0. The lowest BCUT2D eigenvalue weighted by Gasteiger charge is -2.10. The first-order valence-corrected chi connectivity index (χ1v) is 6.67. The Kier molecular flexibility index (Phi) is 3.44. The third-order valence-electron chi connectivity index (χ3n) is 2.82. The molecule has 0 unspecified atom stereocenters. The minimum atomic E-state index is -4.36. The molecule has 7 heteroatoms. The molecule has 0 saturated heterocycles. The predicted molar refractivity (Wildman–Crippen MR) is 71.8 cm³/mol. The van der Waals surface area contributed by atoms with Gasteiger partial charge in [-0.25, -0.2) is 0 Å². The molecule has 1 aliphatic heterocycles. The minimum Gasteiger partial charge on any atom is -0.457 e. The highest BCUT2D eigenvalue weighted by molar-refractivity contribution is 9.10. The fourth-order valence-corrected chi connectivity index (χ4v) is 2.39. The molecule has 0 N–H and O–H groups in total. The number of hydrogen-bond donors (Lipinski definition) is 0. The summed E-state index contributed by atoms with van der Waals surface area (Å²) in [6, 6.07) is 7.74. The maximum atomic E-state index is 12.5. The van der Waals surface area contributed by atoms with Gasteiger partial charge >= 0.3 is 6.18 Å². The van der Waals surface area contributed by atoms with Crippen molar-refractivity contribution in [3.8, 4) is 23.0 Å². The highest BCUT2D eigenvalue weighted by Crippen LogP contribution is 2.43. The molecule has 21 heavy (non-hydrogen) atoms. The Labute approximate surface area is 126 Å². The summed E-state index contributed by atoms with van der Waals surface area (Å²) in [5.41, 5.74) is -0.721. The van der Waals surface area contributed by atoms with Crippen molar-refractivity contribution in [3.63, 3.8) is 0 Å². The van der Waals surface area contributed by atoms with E-state index in [1.54, 1.807) is 12.1 Å². The summed E-state index contributed by atoms with van der Waals surface area (Å²) in [6.07, 6.45) is -4.36. The zero-order valence-corrected chi connectivity index (χ0v) is 12.0. The number of benzene rings is 2. The van der Waals surface area contributed by atoms with Crippen molar-refractivity contribution in [2.24, 2.45) is 0 Å². The number of rotatable bonds is 2. The van der Waals surface area contributed by atoms with Crippen molar-refractivity contribution in [3.05, 3.63) is 46.4 Å². The molecule has 0 saturated carbocycles. The largest absolute Gasteiger partial charge is 0.457 e. The van der Waals surface area contributed by atoms with Crippen LogP contribution in [-0.2, 0) is 6.18 Å². The maximum absolute atomic E-state index is 12.5. The van der Waals surface area contributed by atoms with Crippen LogP contribution in [0.4, 0.5) is 13.2 Å². The summed E-state index contributed by atoms with van der Waals surface area (Å²) in [6.45, 7) is 0.123. The first-order chi connectivity index (χ1) is 9.93. The van der Waals surface area contributed by atoms with Crippen molar-refractivity contribution >= 4 is 15.9 Å². The number of halogens is 4. The van der Waals surface area contributed by atoms with E-state index in [-0.39, 0.29) is 6.79 Å². The summed E-state index contributed by atoms with van der Waals surface area (Å²) in [5.74, 6) is 1.83. The van der Waals surface area contributed by atoms with Gasteiger partial charge in [0.2, 0.25) is 6.79 Å².